The fourth-order valence-corrected chi connectivity index (χ4v) is 1.79. The maximum atomic E-state index is 5.72. The summed E-state index contributed by atoms with van der Waals surface area (Å²) in [5, 5.41) is 2.98. The highest BCUT2D eigenvalue weighted by Gasteiger charge is 2.05. The Morgan fingerprint density at radius 3 is 2.67 bits per heavy atom. The predicted octanol–water partition coefficient (Wildman–Crippen LogP) is 2.25. The van der Waals surface area contributed by atoms with E-state index in [2.05, 4.69) is 15.3 Å². The number of rotatable bonds is 7. The van der Waals surface area contributed by atoms with E-state index < -0.39 is 0 Å². The van der Waals surface area contributed by atoms with Crippen LogP contribution in [0.2, 0.25) is 0 Å². The lowest BCUT2D eigenvalue weighted by Crippen LogP contribution is -2.05. The molecule has 1 N–H and O–H groups in total. The van der Waals surface area contributed by atoms with Crippen molar-refractivity contribution in [1.29, 1.82) is 0 Å². The number of benzene rings is 1. The normalized spacial score (nSPS) is 10.2. The van der Waals surface area contributed by atoms with E-state index in [0.29, 0.717) is 30.7 Å². The Kier molecular flexibility index (Phi) is 5.34. The van der Waals surface area contributed by atoms with E-state index >= 15 is 0 Å². The highest BCUT2D eigenvalue weighted by molar-refractivity contribution is 5.37. The van der Waals surface area contributed by atoms with Crippen LogP contribution in [0.3, 0.4) is 0 Å². The summed E-state index contributed by atoms with van der Waals surface area (Å²) in [6.45, 7) is 0.745. The molecule has 0 aliphatic heterocycles. The van der Waals surface area contributed by atoms with Gasteiger partial charge in [0.25, 0.3) is 0 Å². The molecule has 1 heterocycles. The van der Waals surface area contributed by atoms with Gasteiger partial charge in [0.05, 0.1) is 7.11 Å². The van der Waals surface area contributed by atoms with E-state index in [9.17, 15) is 0 Å². The molecule has 0 radical (unpaired) electrons. The van der Waals surface area contributed by atoms with Gasteiger partial charge in [-0.05, 0) is 17.7 Å². The molecule has 0 saturated carbocycles. The third-order valence-corrected chi connectivity index (χ3v) is 2.80. The average Bonchev–Trinajstić information content (AvgIpc) is 2.53. The van der Waals surface area contributed by atoms with E-state index in [0.717, 1.165) is 11.3 Å². The lowest BCUT2D eigenvalue weighted by molar-refractivity contribution is 0.176. The van der Waals surface area contributed by atoms with Gasteiger partial charge in [-0.2, -0.15) is 4.98 Å². The Hall–Kier alpha value is -2.34. The van der Waals surface area contributed by atoms with Gasteiger partial charge in [-0.15, -0.1) is 0 Å². The first kappa shape index (κ1) is 15.1. The highest BCUT2D eigenvalue weighted by Crippen LogP contribution is 2.17. The highest BCUT2D eigenvalue weighted by atomic mass is 16.5. The first-order valence-electron chi connectivity index (χ1n) is 6.55. The van der Waals surface area contributed by atoms with Crippen molar-refractivity contribution >= 4 is 5.82 Å². The third kappa shape index (κ3) is 4.32. The molecular weight excluding hydrogens is 270 g/mol. The van der Waals surface area contributed by atoms with Crippen LogP contribution in [0, 0.1) is 0 Å². The van der Waals surface area contributed by atoms with E-state index in [1.54, 1.807) is 27.3 Å². The average molecular weight is 289 g/mol. The number of aromatic nitrogens is 2. The van der Waals surface area contributed by atoms with Crippen LogP contribution in [-0.2, 0) is 18.0 Å². The van der Waals surface area contributed by atoms with Gasteiger partial charge < -0.3 is 19.5 Å². The zero-order chi connectivity index (χ0) is 15.1. The molecule has 0 atom stereocenters. The molecule has 0 saturated heterocycles. The minimum atomic E-state index is 0.338. The molecule has 1 aromatic carbocycles. The Morgan fingerprint density at radius 2 is 1.95 bits per heavy atom. The first-order chi connectivity index (χ1) is 10.2. The van der Waals surface area contributed by atoms with Gasteiger partial charge in [-0.1, -0.05) is 12.1 Å². The van der Waals surface area contributed by atoms with Crippen molar-refractivity contribution in [3.8, 4) is 11.6 Å². The fourth-order valence-electron chi connectivity index (χ4n) is 1.79. The van der Waals surface area contributed by atoms with Crippen LogP contribution >= 0.6 is 0 Å². The van der Waals surface area contributed by atoms with Crippen molar-refractivity contribution in [2.75, 3.05) is 26.6 Å². The molecule has 1 aromatic heterocycles. The maximum absolute atomic E-state index is 5.72. The molecule has 21 heavy (non-hydrogen) atoms. The molecule has 2 aromatic rings. The van der Waals surface area contributed by atoms with Crippen LogP contribution in [0.15, 0.2) is 30.3 Å². The monoisotopic (exact) mass is 289 g/mol. The predicted molar refractivity (Wildman–Crippen MR) is 79.6 cm³/mol. The fraction of sp³-hybridized carbons (Fsp3) is 0.333. The molecule has 112 valence electrons. The second kappa shape index (κ2) is 7.44. The van der Waals surface area contributed by atoms with Crippen LogP contribution in [0.5, 0.6) is 11.6 Å². The number of ether oxygens (including phenoxy) is 3. The zero-order valence-corrected chi connectivity index (χ0v) is 12.4. The molecule has 0 aliphatic carbocycles. The summed E-state index contributed by atoms with van der Waals surface area (Å²) < 4.78 is 16.0. The number of anilines is 1. The van der Waals surface area contributed by atoms with Crippen molar-refractivity contribution in [3.05, 3.63) is 41.7 Å². The van der Waals surface area contributed by atoms with Crippen LogP contribution in [0.25, 0.3) is 0 Å². The third-order valence-electron chi connectivity index (χ3n) is 2.80. The van der Waals surface area contributed by atoms with E-state index in [1.165, 1.54) is 0 Å². The van der Waals surface area contributed by atoms with Crippen molar-refractivity contribution in [1.82, 2.24) is 9.97 Å². The number of nitrogens with one attached hydrogen (secondary N) is 1. The van der Waals surface area contributed by atoms with Gasteiger partial charge in [0.2, 0.25) is 5.88 Å². The van der Waals surface area contributed by atoms with Crippen molar-refractivity contribution in [2.45, 2.75) is 13.2 Å². The van der Waals surface area contributed by atoms with Crippen molar-refractivity contribution in [2.24, 2.45) is 0 Å². The zero-order valence-electron chi connectivity index (χ0n) is 12.4. The molecule has 0 fully saturated rings. The molecule has 0 aliphatic rings. The molecule has 2 rings (SSSR count). The smallest absolute Gasteiger partial charge is 0.219 e. The van der Waals surface area contributed by atoms with E-state index in [-0.39, 0.29) is 0 Å². The Labute approximate surface area is 124 Å². The van der Waals surface area contributed by atoms with Gasteiger partial charge in [0.1, 0.15) is 24.8 Å². The molecular formula is C15H19N3O3. The number of hydrogen-bond donors (Lipinski definition) is 1. The number of hydrogen-bond acceptors (Lipinski definition) is 6. The van der Waals surface area contributed by atoms with Gasteiger partial charge in [-0.3, -0.25) is 0 Å². The molecule has 0 spiro atoms. The maximum Gasteiger partial charge on any atom is 0.219 e. The summed E-state index contributed by atoms with van der Waals surface area (Å²) in [4.78, 5) is 8.58. The molecule has 0 amide bonds. The van der Waals surface area contributed by atoms with Gasteiger partial charge in [-0.25, -0.2) is 4.98 Å². The van der Waals surface area contributed by atoms with Gasteiger partial charge in [0.15, 0.2) is 5.82 Å². The lowest BCUT2D eigenvalue weighted by Gasteiger charge is -2.09. The standard InChI is InChI=1S/C15H19N3O3/c1-16-13-8-15(18-14(17-13)10-19-2)21-9-11-5-4-6-12(7-11)20-3/h4-8H,9-10H2,1-3H3,(H,16,17,18). The summed E-state index contributed by atoms with van der Waals surface area (Å²) in [5.41, 5.74) is 1.01. The minimum absolute atomic E-state index is 0.338. The Balaban J connectivity index is 2.09. The van der Waals surface area contributed by atoms with Gasteiger partial charge in [0, 0.05) is 20.2 Å². The Morgan fingerprint density at radius 1 is 1.10 bits per heavy atom. The largest absolute Gasteiger partial charge is 0.497 e. The quantitative estimate of drug-likeness (QED) is 0.843. The first-order valence-corrected chi connectivity index (χ1v) is 6.55. The summed E-state index contributed by atoms with van der Waals surface area (Å²) in [6, 6.07) is 9.46. The van der Waals surface area contributed by atoms with E-state index in [1.807, 2.05) is 24.3 Å². The SMILES string of the molecule is CNc1cc(OCc2cccc(OC)c2)nc(COC)n1. The van der Waals surface area contributed by atoms with Gasteiger partial charge >= 0.3 is 0 Å². The Bertz CT molecular complexity index is 590. The second-order valence-electron chi connectivity index (χ2n) is 4.33. The summed E-state index contributed by atoms with van der Waals surface area (Å²) in [7, 11) is 5.04. The summed E-state index contributed by atoms with van der Waals surface area (Å²) in [5.74, 6) is 2.57. The number of nitrogens with zero attached hydrogens (tertiary/aromatic N) is 2. The lowest BCUT2D eigenvalue weighted by atomic mass is 10.2. The van der Waals surface area contributed by atoms with Crippen LogP contribution in [0.4, 0.5) is 5.82 Å². The molecule has 0 unspecified atom stereocenters. The second-order valence-corrected chi connectivity index (χ2v) is 4.33. The molecule has 6 heteroatoms. The topological polar surface area (TPSA) is 65.5 Å². The number of methoxy groups -OCH3 is 2. The summed E-state index contributed by atoms with van der Waals surface area (Å²) >= 11 is 0. The van der Waals surface area contributed by atoms with Crippen molar-refractivity contribution in [3.63, 3.8) is 0 Å². The van der Waals surface area contributed by atoms with Crippen LogP contribution in [-0.4, -0.2) is 31.2 Å². The van der Waals surface area contributed by atoms with Crippen LogP contribution in [0.1, 0.15) is 11.4 Å². The van der Waals surface area contributed by atoms with E-state index in [4.69, 9.17) is 14.2 Å². The molecule has 0 bridgehead atoms. The van der Waals surface area contributed by atoms with Crippen molar-refractivity contribution < 1.29 is 14.2 Å². The minimum Gasteiger partial charge on any atom is -0.497 e. The molecule has 6 nitrogen and oxygen atoms in total. The van der Waals surface area contributed by atoms with Crippen LogP contribution < -0.4 is 14.8 Å². The summed E-state index contributed by atoms with van der Waals surface area (Å²) in [6.07, 6.45) is 0.